The summed E-state index contributed by atoms with van der Waals surface area (Å²) in [6.07, 6.45) is 3.07. The van der Waals surface area contributed by atoms with Crippen molar-refractivity contribution in [2.75, 3.05) is 19.0 Å². The number of benzene rings is 3. The summed E-state index contributed by atoms with van der Waals surface area (Å²) in [4.78, 5) is 25.1. The molecule has 0 heterocycles. The third-order valence-corrected chi connectivity index (χ3v) is 5.70. The van der Waals surface area contributed by atoms with Gasteiger partial charge < -0.3 is 20.5 Å². The molecule has 164 valence electrons. The molecule has 3 aromatic rings. The lowest BCUT2D eigenvalue weighted by Gasteiger charge is -2.10. The van der Waals surface area contributed by atoms with E-state index in [2.05, 4.69) is 5.32 Å². The quantitative estimate of drug-likeness (QED) is 0.430. The largest absolute Gasteiger partial charge is 0.493 e. The molecule has 0 saturated carbocycles. The fourth-order valence-electron chi connectivity index (χ4n) is 2.67. The molecule has 0 bridgehead atoms. The summed E-state index contributed by atoms with van der Waals surface area (Å²) in [5.74, 6) is -0.0317. The Bertz CT molecular complexity index is 1130. The lowest BCUT2D eigenvalue weighted by molar-refractivity contribution is -0.120. The van der Waals surface area contributed by atoms with Gasteiger partial charge in [0, 0.05) is 21.6 Å². The monoisotopic (exact) mass is 468 g/mol. The molecule has 0 aliphatic rings. The molecule has 0 radical (unpaired) electrons. The van der Waals surface area contributed by atoms with E-state index in [9.17, 15) is 9.59 Å². The van der Waals surface area contributed by atoms with Crippen molar-refractivity contribution in [1.29, 1.82) is 0 Å². The van der Waals surface area contributed by atoms with Gasteiger partial charge in [-0.25, -0.2) is 0 Å². The molecular formula is C24H21ClN2O4S. The molecule has 0 aromatic heterocycles. The average molecular weight is 469 g/mol. The van der Waals surface area contributed by atoms with Gasteiger partial charge in [0.05, 0.1) is 12.1 Å². The molecule has 3 N–H and O–H groups in total. The number of methoxy groups -OCH3 is 1. The number of nitrogens with one attached hydrogen (secondary N) is 1. The predicted octanol–water partition coefficient (Wildman–Crippen LogP) is 5.02. The van der Waals surface area contributed by atoms with E-state index in [4.69, 9.17) is 26.8 Å². The Morgan fingerprint density at radius 2 is 1.81 bits per heavy atom. The van der Waals surface area contributed by atoms with Crippen LogP contribution in [0.3, 0.4) is 0 Å². The van der Waals surface area contributed by atoms with Crippen LogP contribution in [0.2, 0.25) is 5.02 Å². The topological polar surface area (TPSA) is 90.7 Å². The van der Waals surface area contributed by atoms with Gasteiger partial charge in [-0.3, -0.25) is 9.59 Å². The zero-order chi connectivity index (χ0) is 22.9. The van der Waals surface area contributed by atoms with Crippen LogP contribution in [-0.2, 0) is 9.59 Å². The molecule has 3 rings (SSSR count). The zero-order valence-corrected chi connectivity index (χ0v) is 18.8. The van der Waals surface area contributed by atoms with Gasteiger partial charge >= 0.3 is 0 Å². The fraction of sp³-hybridized carbons (Fsp3) is 0.0833. The molecule has 32 heavy (non-hydrogen) atoms. The number of carbonyl (C=O) groups excluding carboxylic acids is 2. The smallest absolute Gasteiger partial charge is 0.255 e. The third-order valence-electron chi connectivity index (χ3n) is 4.17. The van der Waals surface area contributed by atoms with Gasteiger partial charge in [-0.1, -0.05) is 41.6 Å². The first kappa shape index (κ1) is 23.2. The van der Waals surface area contributed by atoms with E-state index in [-0.39, 0.29) is 12.5 Å². The van der Waals surface area contributed by atoms with Crippen molar-refractivity contribution in [3.63, 3.8) is 0 Å². The highest BCUT2D eigenvalue weighted by atomic mass is 35.5. The molecule has 0 unspecified atom stereocenters. The summed E-state index contributed by atoms with van der Waals surface area (Å²) in [5, 5.41) is 3.52. The Balaban J connectivity index is 1.59. The standard InChI is InChI=1S/C24H21ClN2O4S/c1-30-21-14-16(6-12-20(21)31-15-23(26)28)7-13-24(29)27-17-8-10-18(11-9-17)32-22-5-3-2-4-19(22)25/h2-14H,15H2,1H3,(H2,26,28)(H,27,29)/b13-7+. The molecule has 2 amide bonds. The highest BCUT2D eigenvalue weighted by molar-refractivity contribution is 7.99. The Labute approximate surface area is 195 Å². The molecule has 0 aliphatic carbocycles. The van der Waals surface area contributed by atoms with Crippen LogP contribution in [0.25, 0.3) is 6.08 Å². The number of anilines is 1. The van der Waals surface area contributed by atoms with E-state index < -0.39 is 5.91 Å². The first-order valence-corrected chi connectivity index (χ1v) is 10.7. The first-order valence-electron chi connectivity index (χ1n) is 9.55. The summed E-state index contributed by atoms with van der Waals surface area (Å²) in [7, 11) is 1.49. The summed E-state index contributed by atoms with van der Waals surface area (Å²) in [5.41, 5.74) is 6.50. The summed E-state index contributed by atoms with van der Waals surface area (Å²) < 4.78 is 10.6. The van der Waals surface area contributed by atoms with Crippen molar-refractivity contribution < 1.29 is 19.1 Å². The maximum absolute atomic E-state index is 12.3. The maximum Gasteiger partial charge on any atom is 0.255 e. The molecule has 8 heteroatoms. The molecule has 0 spiro atoms. The number of carbonyl (C=O) groups is 2. The predicted molar refractivity (Wildman–Crippen MR) is 127 cm³/mol. The Morgan fingerprint density at radius 3 is 2.50 bits per heavy atom. The minimum atomic E-state index is -0.580. The molecule has 6 nitrogen and oxygen atoms in total. The second-order valence-corrected chi connectivity index (χ2v) is 8.07. The molecule has 3 aromatic carbocycles. The van der Waals surface area contributed by atoms with Crippen LogP contribution in [0.1, 0.15) is 5.56 Å². The number of amides is 2. The van der Waals surface area contributed by atoms with Gasteiger partial charge in [0.2, 0.25) is 5.91 Å². The Hall–Kier alpha value is -3.42. The van der Waals surface area contributed by atoms with Crippen molar-refractivity contribution in [3.8, 4) is 11.5 Å². The Kier molecular flexibility index (Phi) is 8.19. The average Bonchev–Trinajstić information content (AvgIpc) is 2.79. The fourth-order valence-corrected chi connectivity index (χ4v) is 3.76. The van der Waals surface area contributed by atoms with Crippen LogP contribution >= 0.6 is 23.4 Å². The van der Waals surface area contributed by atoms with E-state index in [1.165, 1.54) is 13.2 Å². The van der Waals surface area contributed by atoms with Crippen LogP contribution in [0.5, 0.6) is 11.5 Å². The van der Waals surface area contributed by atoms with Crippen molar-refractivity contribution in [1.82, 2.24) is 0 Å². The SMILES string of the molecule is COc1cc(/C=C/C(=O)Nc2ccc(Sc3ccccc3Cl)cc2)ccc1OCC(N)=O. The minimum Gasteiger partial charge on any atom is -0.493 e. The van der Waals surface area contributed by atoms with Crippen molar-refractivity contribution in [2.24, 2.45) is 5.73 Å². The first-order chi connectivity index (χ1) is 15.4. The lowest BCUT2D eigenvalue weighted by Crippen LogP contribution is -2.20. The van der Waals surface area contributed by atoms with Crippen LogP contribution in [-0.4, -0.2) is 25.5 Å². The highest BCUT2D eigenvalue weighted by Crippen LogP contribution is 2.33. The second-order valence-electron chi connectivity index (χ2n) is 6.54. The lowest BCUT2D eigenvalue weighted by atomic mass is 10.2. The van der Waals surface area contributed by atoms with E-state index in [0.717, 1.165) is 15.4 Å². The number of primary amides is 1. The van der Waals surface area contributed by atoms with Gasteiger partial charge in [0.25, 0.3) is 5.91 Å². The zero-order valence-electron chi connectivity index (χ0n) is 17.2. The van der Waals surface area contributed by atoms with Gasteiger partial charge in [-0.05, 0) is 60.2 Å². The van der Waals surface area contributed by atoms with Crippen molar-refractivity contribution in [2.45, 2.75) is 9.79 Å². The normalized spacial score (nSPS) is 10.7. The molecule has 0 aliphatic heterocycles. The molecule has 0 fully saturated rings. The van der Waals surface area contributed by atoms with Gasteiger partial charge in [0.1, 0.15) is 0 Å². The van der Waals surface area contributed by atoms with Crippen LogP contribution in [0.15, 0.2) is 82.6 Å². The minimum absolute atomic E-state index is 0.246. The number of halogens is 1. The van der Waals surface area contributed by atoms with Crippen molar-refractivity contribution >= 4 is 46.9 Å². The third kappa shape index (κ3) is 6.80. The van der Waals surface area contributed by atoms with Crippen LogP contribution in [0.4, 0.5) is 5.69 Å². The van der Waals surface area contributed by atoms with E-state index in [1.54, 1.807) is 36.0 Å². The molecular weight excluding hydrogens is 448 g/mol. The van der Waals surface area contributed by atoms with Gasteiger partial charge in [-0.15, -0.1) is 0 Å². The van der Waals surface area contributed by atoms with E-state index in [0.29, 0.717) is 22.2 Å². The maximum atomic E-state index is 12.3. The van der Waals surface area contributed by atoms with Gasteiger partial charge in [-0.2, -0.15) is 0 Å². The van der Waals surface area contributed by atoms with E-state index >= 15 is 0 Å². The number of hydrogen-bond acceptors (Lipinski definition) is 5. The van der Waals surface area contributed by atoms with Crippen molar-refractivity contribution in [3.05, 3.63) is 83.4 Å². The summed E-state index contributed by atoms with van der Waals surface area (Å²) >= 11 is 7.75. The number of ether oxygens (including phenoxy) is 2. The molecule has 0 saturated heterocycles. The van der Waals surface area contributed by atoms with Gasteiger partial charge in [0.15, 0.2) is 18.1 Å². The highest BCUT2D eigenvalue weighted by Gasteiger charge is 2.07. The molecule has 0 atom stereocenters. The second kappa shape index (κ2) is 11.3. The summed E-state index contributed by atoms with van der Waals surface area (Å²) in [6, 6.07) is 20.2. The number of rotatable bonds is 9. The van der Waals surface area contributed by atoms with Crippen LogP contribution < -0.4 is 20.5 Å². The van der Waals surface area contributed by atoms with Crippen LogP contribution in [0, 0.1) is 0 Å². The summed E-state index contributed by atoms with van der Waals surface area (Å²) in [6.45, 7) is -0.246. The number of hydrogen-bond donors (Lipinski definition) is 2. The number of nitrogens with two attached hydrogens (primary N) is 1. The van der Waals surface area contributed by atoms with E-state index in [1.807, 2.05) is 48.5 Å². The Morgan fingerprint density at radius 1 is 1.06 bits per heavy atom.